The van der Waals surface area contributed by atoms with Gasteiger partial charge in [0, 0.05) is 7.11 Å². The second-order valence-corrected chi connectivity index (χ2v) is 1.24. The summed E-state index contributed by atoms with van der Waals surface area (Å²) in [5.74, 6) is -0.678. The zero-order valence-corrected chi connectivity index (χ0v) is 4.39. The number of ether oxygens (including phenoxy) is 1. The van der Waals surface area contributed by atoms with Crippen LogP contribution in [0.4, 0.5) is 0 Å². The molecule has 0 aliphatic carbocycles. The fourth-order valence-electron chi connectivity index (χ4n) is 0.107. The van der Waals surface area contributed by atoms with Crippen molar-refractivity contribution in [2.45, 2.75) is 13.0 Å². The molecule has 3 heteroatoms. The van der Waals surface area contributed by atoms with Crippen LogP contribution in [0.5, 0.6) is 0 Å². The molecule has 0 bridgehead atoms. The van der Waals surface area contributed by atoms with Gasteiger partial charge in [-0.1, -0.05) is 0 Å². The highest BCUT2D eigenvalue weighted by Gasteiger charge is 2.04. The second-order valence-electron chi connectivity index (χ2n) is 1.24. The topological polar surface area (TPSA) is 50.1 Å². The fourth-order valence-corrected chi connectivity index (χ4v) is 0.107. The van der Waals surface area contributed by atoms with Gasteiger partial charge in [0.2, 0.25) is 0 Å². The van der Waals surface area contributed by atoms with Crippen LogP contribution in [0.15, 0.2) is 0 Å². The Balaban J connectivity index is 3.34. The summed E-state index contributed by atoms with van der Waals surface area (Å²) in [5, 5.41) is 0. The van der Waals surface area contributed by atoms with E-state index in [1.54, 1.807) is 0 Å². The number of hydrogen-bond acceptors (Lipinski definition) is 2. The molecule has 0 aliphatic rings. The molecular formula is C4H8NO2. The third kappa shape index (κ3) is 2.17. The van der Waals surface area contributed by atoms with Crippen molar-refractivity contribution in [1.29, 1.82) is 0 Å². The lowest BCUT2D eigenvalue weighted by Gasteiger charge is -1.99. The maximum atomic E-state index is 9.92. The van der Waals surface area contributed by atoms with Crippen molar-refractivity contribution in [3.63, 3.8) is 0 Å². The molecule has 1 atom stereocenters. The van der Waals surface area contributed by atoms with E-state index in [-0.39, 0.29) is 0 Å². The normalized spacial score (nSPS) is 13.4. The molecule has 0 unspecified atom stereocenters. The van der Waals surface area contributed by atoms with Crippen LogP contribution in [0.1, 0.15) is 6.92 Å². The van der Waals surface area contributed by atoms with Crippen LogP contribution < -0.4 is 5.73 Å². The predicted molar refractivity (Wildman–Crippen MR) is 24.6 cm³/mol. The first-order chi connectivity index (χ1) is 3.18. The SMILES string of the molecule is CO[C@H](C)C([NH])=O. The fraction of sp³-hybridized carbons (Fsp3) is 0.750. The molecule has 0 aliphatic heterocycles. The number of carbonyl (C=O) groups is 1. The molecule has 3 nitrogen and oxygen atoms in total. The van der Waals surface area contributed by atoms with E-state index in [4.69, 9.17) is 5.73 Å². The molecule has 0 spiro atoms. The molecule has 7 heavy (non-hydrogen) atoms. The molecule has 0 aromatic carbocycles. The Bertz CT molecular complexity index is 72.1. The van der Waals surface area contributed by atoms with Crippen molar-refractivity contribution < 1.29 is 9.53 Å². The van der Waals surface area contributed by atoms with E-state index < -0.39 is 12.0 Å². The number of rotatable bonds is 2. The minimum Gasteiger partial charge on any atom is -0.372 e. The quantitative estimate of drug-likeness (QED) is 0.486. The molecule has 1 amide bonds. The molecule has 0 fully saturated rings. The van der Waals surface area contributed by atoms with Gasteiger partial charge < -0.3 is 4.74 Å². The largest absolute Gasteiger partial charge is 0.372 e. The van der Waals surface area contributed by atoms with E-state index in [0.29, 0.717) is 0 Å². The molecule has 0 saturated heterocycles. The van der Waals surface area contributed by atoms with E-state index in [9.17, 15) is 4.79 Å². The number of amides is 1. The van der Waals surface area contributed by atoms with E-state index in [1.165, 1.54) is 14.0 Å². The van der Waals surface area contributed by atoms with Crippen molar-refractivity contribution in [3.05, 3.63) is 0 Å². The van der Waals surface area contributed by atoms with Crippen molar-refractivity contribution in [2.24, 2.45) is 0 Å². The summed E-state index contributed by atoms with van der Waals surface area (Å²) in [6.45, 7) is 1.54. The second kappa shape index (κ2) is 2.58. The Kier molecular flexibility index (Phi) is 2.37. The van der Waals surface area contributed by atoms with Gasteiger partial charge in [-0.05, 0) is 6.92 Å². The highest BCUT2D eigenvalue weighted by Crippen LogP contribution is 1.82. The average molecular weight is 102 g/mol. The summed E-state index contributed by atoms with van der Waals surface area (Å²) >= 11 is 0. The van der Waals surface area contributed by atoms with Gasteiger partial charge in [-0.3, -0.25) is 10.5 Å². The summed E-state index contributed by atoms with van der Waals surface area (Å²) in [6, 6.07) is 0. The third-order valence-electron chi connectivity index (χ3n) is 0.723. The Morgan fingerprint density at radius 2 is 2.29 bits per heavy atom. The summed E-state index contributed by atoms with van der Waals surface area (Å²) in [5.41, 5.74) is 6.42. The third-order valence-corrected chi connectivity index (χ3v) is 0.723. The lowest BCUT2D eigenvalue weighted by atomic mass is 10.4. The summed E-state index contributed by atoms with van der Waals surface area (Å²) < 4.78 is 4.47. The van der Waals surface area contributed by atoms with Gasteiger partial charge in [0.1, 0.15) is 6.10 Å². The van der Waals surface area contributed by atoms with Gasteiger partial charge >= 0.3 is 0 Å². The highest BCUT2D eigenvalue weighted by atomic mass is 16.5. The van der Waals surface area contributed by atoms with Crippen LogP contribution in [0, 0.1) is 0 Å². The zero-order valence-electron chi connectivity index (χ0n) is 4.39. The first-order valence-corrected chi connectivity index (χ1v) is 1.96. The number of carbonyl (C=O) groups excluding carboxylic acids is 1. The van der Waals surface area contributed by atoms with Crippen molar-refractivity contribution >= 4 is 5.91 Å². The van der Waals surface area contributed by atoms with Gasteiger partial charge in [0.05, 0.1) is 0 Å². The smallest absolute Gasteiger partial charge is 0.267 e. The molecule has 0 heterocycles. The van der Waals surface area contributed by atoms with Crippen LogP contribution in [0.2, 0.25) is 0 Å². The van der Waals surface area contributed by atoms with Crippen molar-refractivity contribution in [2.75, 3.05) is 7.11 Å². The highest BCUT2D eigenvalue weighted by molar-refractivity contribution is 5.77. The standard InChI is InChI=1S/C4H8NO2/c1-3(7-2)4(5)6/h3,5H,1-2H3/t3-/m1/s1. The van der Waals surface area contributed by atoms with Crippen LogP contribution in [0.3, 0.4) is 0 Å². The summed E-state index contributed by atoms with van der Waals surface area (Å²) in [7, 11) is 1.40. The number of nitrogens with one attached hydrogen (secondary N) is 1. The van der Waals surface area contributed by atoms with Gasteiger partial charge in [-0.15, -0.1) is 0 Å². The van der Waals surface area contributed by atoms with Crippen LogP contribution in [-0.4, -0.2) is 19.1 Å². The van der Waals surface area contributed by atoms with Crippen molar-refractivity contribution in [1.82, 2.24) is 5.73 Å². The minimum atomic E-state index is -0.678. The van der Waals surface area contributed by atoms with Gasteiger partial charge in [-0.2, -0.15) is 0 Å². The maximum Gasteiger partial charge on any atom is 0.267 e. The van der Waals surface area contributed by atoms with Gasteiger partial charge in [0.15, 0.2) is 0 Å². The van der Waals surface area contributed by atoms with Crippen LogP contribution in [-0.2, 0) is 9.53 Å². The Morgan fingerprint density at radius 1 is 1.86 bits per heavy atom. The van der Waals surface area contributed by atoms with Gasteiger partial charge in [-0.25, -0.2) is 0 Å². The predicted octanol–water partition coefficient (Wildman–Crippen LogP) is -0.169. The van der Waals surface area contributed by atoms with Gasteiger partial charge in [0.25, 0.3) is 5.91 Å². The minimum absolute atomic E-state index is 0.569. The number of methoxy groups -OCH3 is 1. The van der Waals surface area contributed by atoms with E-state index in [1.807, 2.05) is 0 Å². The van der Waals surface area contributed by atoms with Crippen LogP contribution >= 0.6 is 0 Å². The maximum absolute atomic E-state index is 9.92. The molecule has 41 valence electrons. The lowest BCUT2D eigenvalue weighted by Crippen LogP contribution is -2.18. The van der Waals surface area contributed by atoms with Crippen LogP contribution in [0.25, 0.3) is 0 Å². The first-order valence-electron chi connectivity index (χ1n) is 1.96. The Morgan fingerprint density at radius 3 is 2.29 bits per heavy atom. The molecule has 1 radical (unpaired) electrons. The van der Waals surface area contributed by atoms with E-state index in [2.05, 4.69) is 4.74 Å². The summed E-state index contributed by atoms with van der Waals surface area (Å²) in [4.78, 5) is 9.92. The zero-order chi connectivity index (χ0) is 5.86. The monoisotopic (exact) mass is 102 g/mol. The molecule has 0 aromatic rings. The average Bonchev–Trinajstić information content (AvgIpc) is 1.65. The molecule has 0 rings (SSSR count). The van der Waals surface area contributed by atoms with Crippen molar-refractivity contribution in [3.8, 4) is 0 Å². The number of hydrogen-bond donors (Lipinski definition) is 0. The van der Waals surface area contributed by atoms with E-state index >= 15 is 0 Å². The molecular weight excluding hydrogens is 94.0 g/mol. The molecule has 1 N–H and O–H groups in total. The first kappa shape index (κ1) is 6.43. The Labute approximate surface area is 42.4 Å². The lowest BCUT2D eigenvalue weighted by molar-refractivity contribution is -0.127. The Hall–Kier alpha value is -0.570. The molecule has 0 aromatic heterocycles. The molecule has 0 saturated carbocycles. The summed E-state index contributed by atoms with van der Waals surface area (Å²) in [6.07, 6.45) is -0.569. The van der Waals surface area contributed by atoms with E-state index in [0.717, 1.165) is 0 Å².